The number of carbonyl (C=O) groups is 1. The van der Waals surface area contributed by atoms with E-state index in [1.54, 1.807) is 6.20 Å². The first-order valence-electron chi connectivity index (χ1n) is 9.46. The molecule has 24 heavy (non-hydrogen) atoms. The molecule has 0 aliphatic rings. The molecule has 0 saturated heterocycles. The van der Waals surface area contributed by atoms with Crippen LogP contribution in [-0.2, 0) is 11.2 Å². The molecule has 4 heteroatoms. The van der Waals surface area contributed by atoms with Gasteiger partial charge in [0.15, 0.2) is 0 Å². The van der Waals surface area contributed by atoms with Gasteiger partial charge >= 0.3 is 0 Å². The molecule has 0 bridgehead atoms. The van der Waals surface area contributed by atoms with Crippen molar-refractivity contribution in [3.63, 3.8) is 0 Å². The highest BCUT2D eigenvalue weighted by atomic mass is 16.2. The van der Waals surface area contributed by atoms with Crippen molar-refractivity contribution >= 4 is 11.7 Å². The van der Waals surface area contributed by atoms with Crippen molar-refractivity contribution < 1.29 is 4.79 Å². The van der Waals surface area contributed by atoms with Crippen LogP contribution in [0.1, 0.15) is 85.9 Å². The molecule has 1 aromatic heterocycles. The normalized spacial score (nSPS) is 11.8. The largest absolute Gasteiger partial charge is 0.294 e. The molecule has 0 aliphatic carbocycles. The number of amides is 1. The monoisotopic (exact) mass is 333 g/mol. The second kappa shape index (κ2) is 9.75. The Morgan fingerprint density at radius 3 is 2.25 bits per heavy atom. The number of hydrogen-bond acceptors (Lipinski definition) is 3. The molecule has 0 saturated carbocycles. The van der Waals surface area contributed by atoms with E-state index in [4.69, 9.17) is 4.98 Å². The van der Waals surface area contributed by atoms with Crippen molar-refractivity contribution in [2.24, 2.45) is 5.41 Å². The molecule has 136 valence electrons. The van der Waals surface area contributed by atoms with Crippen molar-refractivity contribution in [2.75, 3.05) is 4.90 Å². The summed E-state index contributed by atoms with van der Waals surface area (Å²) in [7, 11) is 0. The van der Waals surface area contributed by atoms with Crippen LogP contribution in [0.15, 0.2) is 12.3 Å². The summed E-state index contributed by atoms with van der Waals surface area (Å²) in [5, 5.41) is 0. The van der Waals surface area contributed by atoms with E-state index in [1.165, 1.54) is 0 Å². The second-order valence-electron chi connectivity index (χ2n) is 7.81. The van der Waals surface area contributed by atoms with Crippen molar-refractivity contribution in [3.8, 4) is 0 Å². The molecule has 1 rings (SSSR count). The topological polar surface area (TPSA) is 46.1 Å². The first-order chi connectivity index (χ1) is 11.3. The number of nitrogens with zero attached hydrogens (tertiary/aromatic N) is 3. The van der Waals surface area contributed by atoms with Gasteiger partial charge in [-0.3, -0.25) is 9.69 Å². The number of anilines is 1. The highest BCUT2D eigenvalue weighted by molar-refractivity contribution is 5.93. The Labute approximate surface area is 148 Å². The molecule has 0 N–H and O–H groups in total. The van der Waals surface area contributed by atoms with E-state index in [0.29, 0.717) is 6.42 Å². The summed E-state index contributed by atoms with van der Waals surface area (Å²) in [5.74, 6) is 1.78. The van der Waals surface area contributed by atoms with Gasteiger partial charge in [-0.15, -0.1) is 0 Å². The third-order valence-electron chi connectivity index (χ3n) is 3.97. The molecule has 0 aromatic carbocycles. The minimum absolute atomic E-state index is 0.0302. The van der Waals surface area contributed by atoms with Crippen LogP contribution in [0.3, 0.4) is 0 Å². The van der Waals surface area contributed by atoms with Crippen molar-refractivity contribution in [1.82, 2.24) is 9.97 Å². The zero-order chi connectivity index (χ0) is 18.2. The maximum Gasteiger partial charge on any atom is 0.228 e. The molecule has 1 amide bonds. The lowest BCUT2D eigenvalue weighted by Gasteiger charge is -2.33. The van der Waals surface area contributed by atoms with E-state index in [2.05, 4.69) is 46.5 Å². The average Bonchev–Trinajstić information content (AvgIpc) is 2.47. The fourth-order valence-corrected chi connectivity index (χ4v) is 2.99. The van der Waals surface area contributed by atoms with Crippen LogP contribution >= 0.6 is 0 Å². The Bertz CT molecular complexity index is 502. The predicted molar refractivity (Wildman–Crippen MR) is 101 cm³/mol. The van der Waals surface area contributed by atoms with Gasteiger partial charge in [0.1, 0.15) is 11.6 Å². The zero-order valence-corrected chi connectivity index (χ0v) is 16.4. The lowest BCUT2D eigenvalue weighted by Crippen LogP contribution is -2.42. The molecular formula is C20H35N3O. The van der Waals surface area contributed by atoms with Crippen LogP contribution in [0.5, 0.6) is 0 Å². The third kappa shape index (κ3) is 6.58. The second-order valence-corrected chi connectivity index (χ2v) is 7.81. The molecule has 0 unspecified atom stereocenters. The molecule has 1 aromatic rings. The van der Waals surface area contributed by atoms with E-state index in [-0.39, 0.29) is 17.4 Å². The Hall–Kier alpha value is -1.45. The van der Waals surface area contributed by atoms with E-state index >= 15 is 0 Å². The molecule has 0 spiro atoms. The summed E-state index contributed by atoms with van der Waals surface area (Å²) in [4.78, 5) is 24.1. The van der Waals surface area contributed by atoms with Crippen molar-refractivity contribution in [1.29, 1.82) is 0 Å². The van der Waals surface area contributed by atoms with Gasteiger partial charge in [0.25, 0.3) is 0 Å². The Kier molecular flexibility index (Phi) is 8.37. The van der Waals surface area contributed by atoms with E-state index in [9.17, 15) is 4.79 Å². The lowest BCUT2D eigenvalue weighted by atomic mass is 9.91. The molecule has 0 aliphatic heterocycles. The van der Waals surface area contributed by atoms with Crippen LogP contribution in [0.4, 0.5) is 5.82 Å². The van der Waals surface area contributed by atoms with Crippen molar-refractivity contribution in [2.45, 2.75) is 92.5 Å². The number of carbonyl (C=O) groups excluding carboxylic acids is 1. The number of aromatic nitrogens is 2. The number of rotatable bonds is 9. The van der Waals surface area contributed by atoms with Crippen molar-refractivity contribution in [3.05, 3.63) is 18.1 Å². The van der Waals surface area contributed by atoms with Gasteiger partial charge in [-0.2, -0.15) is 0 Å². The first-order valence-corrected chi connectivity index (χ1v) is 9.46. The Morgan fingerprint density at radius 1 is 1.12 bits per heavy atom. The van der Waals surface area contributed by atoms with Crippen LogP contribution in [0.25, 0.3) is 0 Å². The fraction of sp³-hybridized carbons (Fsp3) is 0.750. The van der Waals surface area contributed by atoms with Gasteiger partial charge in [-0.1, -0.05) is 54.4 Å². The SMILES string of the molecule is CCCc1nccc(N(C(=O)CC(C)(C)C)C(CCC)CCC)n1. The molecular weight excluding hydrogens is 298 g/mol. The average molecular weight is 334 g/mol. The van der Waals surface area contributed by atoms with Gasteiger partial charge in [-0.25, -0.2) is 9.97 Å². The summed E-state index contributed by atoms with van der Waals surface area (Å²) in [6, 6.07) is 2.11. The molecule has 4 nitrogen and oxygen atoms in total. The summed E-state index contributed by atoms with van der Waals surface area (Å²) in [6.45, 7) is 12.8. The van der Waals surface area contributed by atoms with Crippen LogP contribution < -0.4 is 4.90 Å². The van der Waals surface area contributed by atoms with E-state index in [0.717, 1.165) is 50.2 Å². The van der Waals surface area contributed by atoms with Gasteiger partial charge in [0.2, 0.25) is 5.91 Å². The Morgan fingerprint density at radius 2 is 1.75 bits per heavy atom. The highest BCUT2D eigenvalue weighted by Gasteiger charge is 2.28. The first kappa shape index (κ1) is 20.6. The molecule has 1 heterocycles. The maximum atomic E-state index is 13.1. The lowest BCUT2D eigenvalue weighted by molar-refractivity contribution is -0.120. The smallest absolute Gasteiger partial charge is 0.228 e. The van der Waals surface area contributed by atoms with Crippen LogP contribution in [0, 0.1) is 5.41 Å². The molecule has 0 fully saturated rings. The summed E-state index contributed by atoms with van der Waals surface area (Å²) >= 11 is 0. The van der Waals surface area contributed by atoms with E-state index < -0.39 is 0 Å². The summed E-state index contributed by atoms with van der Waals surface area (Å²) in [5.41, 5.74) is -0.0302. The number of aryl methyl sites for hydroxylation is 1. The molecule has 0 radical (unpaired) electrons. The third-order valence-corrected chi connectivity index (χ3v) is 3.97. The van der Waals surface area contributed by atoms with Gasteiger partial charge < -0.3 is 0 Å². The summed E-state index contributed by atoms with van der Waals surface area (Å²) in [6.07, 6.45) is 8.33. The number of hydrogen-bond donors (Lipinski definition) is 0. The van der Waals surface area contributed by atoms with Crippen LogP contribution in [-0.4, -0.2) is 21.9 Å². The van der Waals surface area contributed by atoms with Gasteiger partial charge in [0.05, 0.1) is 0 Å². The van der Waals surface area contributed by atoms with Gasteiger partial charge in [-0.05, 0) is 30.7 Å². The van der Waals surface area contributed by atoms with Gasteiger partial charge in [0, 0.05) is 25.1 Å². The maximum absolute atomic E-state index is 13.1. The standard InChI is InChI=1S/C20H35N3O/c1-7-10-16(11-8-2)23(19(24)15-20(4,5)6)18-13-14-21-17(22-18)12-9-3/h13-14,16H,7-12,15H2,1-6H3. The van der Waals surface area contributed by atoms with E-state index in [1.807, 2.05) is 11.0 Å². The minimum Gasteiger partial charge on any atom is -0.294 e. The molecule has 0 atom stereocenters. The minimum atomic E-state index is -0.0302. The highest BCUT2D eigenvalue weighted by Crippen LogP contribution is 2.26. The quantitative estimate of drug-likeness (QED) is 0.626. The van der Waals surface area contributed by atoms with Crippen LogP contribution in [0.2, 0.25) is 0 Å². The zero-order valence-electron chi connectivity index (χ0n) is 16.4. The fourth-order valence-electron chi connectivity index (χ4n) is 2.99. The Balaban J connectivity index is 3.20. The predicted octanol–water partition coefficient (Wildman–Crippen LogP) is 5.17. The summed E-state index contributed by atoms with van der Waals surface area (Å²) < 4.78 is 0.